The first kappa shape index (κ1) is 15.8. The van der Waals surface area contributed by atoms with Gasteiger partial charge in [0, 0.05) is 11.4 Å². The number of carboxylic acid groups (broad SMARTS) is 1. The van der Waals surface area contributed by atoms with E-state index in [9.17, 15) is 9.59 Å². The molecule has 7 heteroatoms. The van der Waals surface area contributed by atoms with Crippen molar-refractivity contribution in [3.63, 3.8) is 0 Å². The van der Waals surface area contributed by atoms with Crippen LogP contribution >= 0.6 is 11.3 Å². The van der Waals surface area contributed by atoms with Gasteiger partial charge in [-0.25, -0.2) is 4.68 Å². The molecule has 0 unspecified atom stereocenters. The number of thiophene rings is 1. The summed E-state index contributed by atoms with van der Waals surface area (Å²) in [4.78, 5) is 24.9. The number of nitrogens with one attached hydrogen (secondary N) is 1. The first-order valence-corrected chi connectivity index (χ1v) is 8.93. The number of hydrogen-bond acceptors (Lipinski definition) is 4. The molecule has 1 amide bonds. The Balaban J connectivity index is 1.57. The van der Waals surface area contributed by atoms with Crippen molar-refractivity contribution in [3.8, 4) is 5.69 Å². The molecule has 25 heavy (non-hydrogen) atoms. The number of carboxylic acids is 1. The van der Waals surface area contributed by atoms with Crippen LogP contribution in [0.4, 0.5) is 0 Å². The highest BCUT2D eigenvalue weighted by molar-refractivity contribution is 7.20. The zero-order valence-corrected chi connectivity index (χ0v) is 14.4. The average molecular weight is 355 g/mol. The van der Waals surface area contributed by atoms with Gasteiger partial charge < -0.3 is 10.4 Å². The van der Waals surface area contributed by atoms with Crippen molar-refractivity contribution in [2.75, 3.05) is 0 Å². The van der Waals surface area contributed by atoms with Crippen molar-refractivity contribution in [1.29, 1.82) is 0 Å². The highest BCUT2D eigenvalue weighted by Gasteiger charge is 2.35. The summed E-state index contributed by atoms with van der Waals surface area (Å²) in [6.07, 6.45) is 1.01. The van der Waals surface area contributed by atoms with Gasteiger partial charge in [-0.3, -0.25) is 9.59 Å². The van der Waals surface area contributed by atoms with Gasteiger partial charge in [-0.2, -0.15) is 5.10 Å². The Morgan fingerprint density at radius 3 is 2.68 bits per heavy atom. The minimum absolute atomic E-state index is 0.0504. The Morgan fingerprint density at radius 1 is 1.28 bits per heavy atom. The molecule has 2 aromatic heterocycles. The molecule has 0 bridgehead atoms. The van der Waals surface area contributed by atoms with Gasteiger partial charge in [0.2, 0.25) is 0 Å². The van der Waals surface area contributed by atoms with E-state index >= 15 is 0 Å². The highest BCUT2D eigenvalue weighted by Crippen LogP contribution is 2.32. The number of carbonyl (C=O) groups is 2. The molecular formula is C18H17N3O3S. The molecule has 1 aliphatic rings. The molecule has 128 valence electrons. The van der Waals surface area contributed by atoms with Crippen molar-refractivity contribution in [3.05, 3.63) is 47.0 Å². The maximum absolute atomic E-state index is 12.5. The Labute approximate surface area is 148 Å². The lowest BCUT2D eigenvalue weighted by atomic mass is 9.80. The number of para-hydroxylation sites is 1. The normalized spacial score (nSPS) is 19.6. The van der Waals surface area contributed by atoms with Crippen molar-refractivity contribution in [2.24, 2.45) is 5.92 Å². The molecule has 6 nitrogen and oxygen atoms in total. The van der Waals surface area contributed by atoms with Gasteiger partial charge >= 0.3 is 5.97 Å². The third-order valence-corrected chi connectivity index (χ3v) is 5.70. The van der Waals surface area contributed by atoms with E-state index in [2.05, 4.69) is 10.4 Å². The van der Waals surface area contributed by atoms with Crippen molar-refractivity contribution >= 4 is 33.4 Å². The summed E-state index contributed by atoms with van der Waals surface area (Å²) in [5.41, 5.74) is 1.83. The molecule has 0 saturated heterocycles. The largest absolute Gasteiger partial charge is 0.481 e. The number of rotatable bonds is 4. The fraction of sp³-hybridized carbons (Fsp3) is 0.278. The SMILES string of the molecule is Cc1nn(-c2ccccc2)c2sc(C(=O)NC3CC(C(=O)O)C3)cc12. The van der Waals surface area contributed by atoms with E-state index in [1.165, 1.54) is 11.3 Å². The summed E-state index contributed by atoms with van der Waals surface area (Å²) < 4.78 is 1.86. The van der Waals surface area contributed by atoms with E-state index in [0.717, 1.165) is 21.6 Å². The minimum Gasteiger partial charge on any atom is -0.481 e. The molecule has 1 saturated carbocycles. The number of carbonyl (C=O) groups excluding carboxylic acids is 1. The Hall–Kier alpha value is -2.67. The Kier molecular flexibility index (Phi) is 3.80. The highest BCUT2D eigenvalue weighted by atomic mass is 32.1. The number of nitrogens with zero attached hydrogens (tertiary/aromatic N) is 2. The minimum atomic E-state index is -0.786. The van der Waals surface area contributed by atoms with Crippen LogP contribution in [0, 0.1) is 12.8 Å². The van der Waals surface area contributed by atoms with Gasteiger partial charge in [0.25, 0.3) is 5.91 Å². The molecule has 2 N–H and O–H groups in total. The summed E-state index contributed by atoms with van der Waals surface area (Å²) >= 11 is 1.40. The lowest BCUT2D eigenvalue weighted by Gasteiger charge is -2.32. The van der Waals surface area contributed by atoms with E-state index < -0.39 is 5.97 Å². The van der Waals surface area contributed by atoms with E-state index in [1.54, 1.807) is 0 Å². The molecule has 0 radical (unpaired) electrons. The number of benzene rings is 1. The lowest BCUT2D eigenvalue weighted by Crippen LogP contribution is -2.46. The third-order valence-electron chi connectivity index (χ3n) is 4.59. The van der Waals surface area contributed by atoms with E-state index in [4.69, 9.17) is 5.11 Å². The quantitative estimate of drug-likeness (QED) is 0.753. The van der Waals surface area contributed by atoms with Crippen LogP contribution in [0.15, 0.2) is 36.4 Å². The van der Waals surface area contributed by atoms with Crippen LogP contribution in [0.5, 0.6) is 0 Å². The molecular weight excluding hydrogens is 338 g/mol. The monoisotopic (exact) mass is 355 g/mol. The third kappa shape index (κ3) is 2.80. The van der Waals surface area contributed by atoms with Crippen LogP contribution in [0.3, 0.4) is 0 Å². The number of aromatic nitrogens is 2. The lowest BCUT2D eigenvalue weighted by molar-refractivity contribution is -0.145. The molecule has 2 heterocycles. The molecule has 1 fully saturated rings. The number of aliphatic carboxylic acids is 1. The smallest absolute Gasteiger partial charge is 0.306 e. The van der Waals surface area contributed by atoms with E-state index in [1.807, 2.05) is 48.0 Å². The first-order chi connectivity index (χ1) is 12.0. The molecule has 0 atom stereocenters. The summed E-state index contributed by atoms with van der Waals surface area (Å²) in [7, 11) is 0. The van der Waals surface area contributed by atoms with Crippen molar-refractivity contribution in [2.45, 2.75) is 25.8 Å². The standard InChI is InChI=1S/C18H17N3O3S/c1-10-14-9-15(16(22)19-12-7-11(8-12)18(23)24)25-17(14)21(20-10)13-5-3-2-4-6-13/h2-6,9,11-12H,7-8H2,1H3,(H,19,22)(H,23,24). The predicted octanol–water partition coefficient (Wildman–Crippen LogP) is 2.99. The number of fused-ring (bicyclic) bond motifs is 1. The molecule has 0 aliphatic heterocycles. The number of aryl methyl sites for hydroxylation is 1. The predicted molar refractivity (Wildman–Crippen MR) is 95.3 cm³/mol. The van der Waals surface area contributed by atoms with Crippen LogP contribution in [-0.4, -0.2) is 32.8 Å². The zero-order chi connectivity index (χ0) is 17.6. The second-order valence-corrected chi connectivity index (χ2v) is 7.37. The van der Waals surface area contributed by atoms with Crippen molar-refractivity contribution in [1.82, 2.24) is 15.1 Å². The zero-order valence-electron chi connectivity index (χ0n) is 13.6. The number of amides is 1. The Bertz CT molecular complexity index is 955. The molecule has 0 spiro atoms. The average Bonchev–Trinajstić information content (AvgIpc) is 3.12. The molecule has 3 aromatic rings. The summed E-state index contributed by atoms with van der Waals surface area (Å²) in [6, 6.07) is 11.6. The second kappa shape index (κ2) is 6.00. The van der Waals surface area contributed by atoms with Crippen LogP contribution in [0.1, 0.15) is 28.2 Å². The molecule has 4 rings (SSSR count). The van der Waals surface area contributed by atoms with Gasteiger partial charge in [-0.1, -0.05) is 18.2 Å². The maximum Gasteiger partial charge on any atom is 0.306 e. The van der Waals surface area contributed by atoms with E-state index in [-0.39, 0.29) is 17.9 Å². The van der Waals surface area contributed by atoms with Gasteiger partial charge in [-0.05, 0) is 38.0 Å². The number of hydrogen-bond donors (Lipinski definition) is 2. The fourth-order valence-corrected chi connectivity index (χ4v) is 4.18. The second-order valence-electron chi connectivity index (χ2n) is 6.34. The maximum atomic E-state index is 12.5. The fourth-order valence-electron chi connectivity index (χ4n) is 3.10. The van der Waals surface area contributed by atoms with Gasteiger partial charge in [0.1, 0.15) is 4.83 Å². The summed E-state index contributed by atoms with van der Waals surface area (Å²) in [5, 5.41) is 17.4. The van der Waals surface area contributed by atoms with E-state index in [0.29, 0.717) is 17.7 Å². The molecule has 1 aromatic carbocycles. The van der Waals surface area contributed by atoms with Gasteiger partial charge in [-0.15, -0.1) is 11.3 Å². The van der Waals surface area contributed by atoms with Gasteiger partial charge in [0.05, 0.1) is 22.2 Å². The van der Waals surface area contributed by atoms with Crippen LogP contribution in [0.25, 0.3) is 15.9 Å². The van der Waals surface area contributed by atoms with Crippen LogP contribution < -0.4 is 5.32 Å². The van der Waals surface area contributed by atoms with Gasteiger partial charge in [0.15, 0.2) is 0 Å². The first-order valence-electron chi connectivity index (χ1n) is 8.11. The Morgan fingerprint density at radius 2 is 2.00 bits per heavy atom. The summed E-state index contributed by atoms with van der Waals surface area (Å²) in [6.45, 7) is 1.93. The van der Waals surface area contributed by atoms with Crippen LogP contribution in [-0.2, 0) is 4.79 Å². The van der Waals surface area contributed by atoms with Crippen molar-refractivity contribution < 1.29 is 14.7 Å². The van der Waals surface area contributed by atoms with Crippen LogP contribution in [0.2, 0.25) is 0 Å². The molecule has 1 aliphatic carbocycles. The summed E-state index contributed by atoms with van der Waals surface area (Å²) in [5.74, 6) is -1.26. The topological polar surface area (TPSA) is 84.2 Å².